The van der Waals surface area contributed by atoms with Crippen LogP contribution in [0.2, 0.25) is 0 Å². The molecule has 2 nitrogen and oxygen atoms in total. The second-order valence-corrected chi connectivity index (χ2v) is 7.15. The van der Waals surface area contributed by atoms with Crippen molar-refractivity contribution in [3.63, 3.8) is 0 Å². The Labute approximate surface area is 158 Å². The summed E-state index contributed by atoms with van der Waals surface area (Å²) in [7, 11) is 2.11. The number of aliphatic hydroxyl groups is 1. The highest BCUT2D eigenvalue weighted by molar-refractivity contribution is 5.51. The summed E-state index contributed by atoms with van der Waals surface area (Å²) in [5.74, 6) is 0. The fraction of sp³-hybridized carbons (Fsp3) is 0.952. The second-order valence-electron chi connectivity index (χ2n) is 7.15. The van der Waals surface area contributed by atoms with Gasteiger partial charge in [-0.1, -0.05) is 84.5 Å². The van der Waals surface area contributed by atoms with E-state index in [1.807, 2.05) is 6.21 Å². The summed E-state index contributed by atoms with van der Waals surface area (Å²) >= 11 is 0. The fourth-order valence-corrected chi connectivity index (χ4v) is 3.38. The first-order valence-electron chi connectivity index (χ1n) is 10.4. The van der Waals surface area contributed by atoms with Crippen molar-refractivity contribution in [1.82, 2.24) is 0 Å². The van der Waals surface area contributed by atoms with Crippen molar-refractivity contribution in [3.8, 4) is 0 Å². The van der Waals surface area contributed by atoms with E-state index in [0.717, 1.165) is 0 Å². The van der Waals surface area contributed by atoms with E-state index in [1.54, 1.807) is 0 Å². The monoisotopic (exact) mass is 361 g/mol. The van der Waals surface area contributed by atoms with E-state index in [-0.39, 0.29) is 19.0 Å². The Kier molecular flexibility index (Phi) is 22.8. The molecule has 0 rings (SSSR count). The van der Waals surface area contributed by atoms with Crippen LogP contribution in [0.25, 0.3) is 0 Å². The fourth-order valence-electron chi connectivity index (χ4n) is 3.38. The third kappa shape index (κ3) is 16.8. The molecule has 146 valence electrons. The Hall–Kier alpha value is -0.0800. The van der Waals surface area contributed by atoms with Crippen LogP contribution >= 0.6 is 0 Å². The van der Waals surface area contributed by atoms with Gasteiger partial charge in [-0.05, 0) is 12.8 Å². The smallest absolute Gasteiger partial charge is 0.165 e. The van der Waals surface area contributed by atoms with Crippen LogP contribution in [0, 0.1) is 0 Å². The molecule has 0 bridgehead atoms. The van der Waals surface area contributed by atoms with E-state index in [4.69, 9.17) is 5.11 Å². The maximum absolute atomic E-state index is 9.03. The number of hydrogen-bond donors (Lipinski definition) is 1. The molecule has 0 spiro atoms. The van der Waals surface area contributed by atoms with Crippen molar-refractivity contribution in [1.29, 1.82) is 0 Å². The number of rotatable bonds is 17. The molecule has 0 aromatic carbocycles. The Morgan fingerprint density at radius 3 is 1.58 bits per heavy atom. The Bertz CT molecular complexity index is 269. The molecule has 1 unspecified atom stereocenters. The average molecular weight is 362 g/mol. The molecule has 0 amide bonds. The summed E-state index contributed by atoms with van der Waals surface area (Å²) in [6, 6.07) is 0.621. The third-order valence-electron chi connectivity index (χ3n) is 4.96. The van der Waals surface area contributed by atoms with E-state index >= 15 is 0 Å². The van der Waals surface area contributed by atoms with Crippen molar-refractivity contribution < 1.29 is 22.1 Å². The topological polar surface area (TPSA) is 23.2 Å². The molecule has 1 atom stereocenters. The first-order valence-corrected chi connectivity index (χ1v) is 10.4. The molecule has 0 aromatic rings. The van der Waals surface area contributed by atoms with Gasteiger partial charge in [0, 0.05) is 12.8 Å². The molecule has 0 aliphatic rings. The van der Waals surface area contributed by atoms with Crippen LogP contribution in [0.4, 0.5) is 0 Å². The van der Waals surface area contributed by atoms with Gasteiger partial charge in [-0.25, -0.2) is 4.58 Å². The summed E-state index contributed by atoms with van der Waals surface area (Å²) in [5, 5.41) is 9.03. The number of nitrogens with zero attached hydrogens (tertiary/aromatic N) is 1. The highest BCUT2D eigenvalue weighted by Crippen LogP contribution is 2.15. The minimum atomic E-state index is 0. The first-order chi connectivity index (χ1) is 11.3. The highest BCUT2D eigenvalue weighted by Gasteiger charge is 2.15. The van der Waals surface area contributed by atoms with Crippen LogP contribution in [0.3, 0.4) is 0 Å². The summed E-state index contributed by atoms with van der Waals surface area (Å²) in [6.07, 6.45) is 22.7. The Morgan fingerprint density at radius 1 is 0.708 bits per heavy atom. The lowest BCUT2D eigenvalue weighted by molar-refractivity contribution is -0.537. The van der Waals surface area contributed by atoms with Crippen LogP contribution in [-0.2, 0) is 0 Å². The van der Waals surface area contributed by atoms with Crippen molar-refractivity contribution in [2.45, 2.75) is 116 Å². The van der Waals surface area contributed by atoms with Crippen molar-refractivity contribution in [3.05, 3.63) is 0 Å². The minimum Gasteiger partial charge on any atom is -1.00 e. The average Bonchev–Trinajstić information content (AvgIpc) is 2.55. The third-order valence-corrected chi connectivity index (χ3v) is 4.96. The molecule has 0 heterocycles. The molecule has 0 fully saturated rings. The van der Waals surface area contributed by atoms with Crippen molar-refractivity contribution in [2.75, 3.05) is 13.7 Å². The second kappa shape index (κ2) is 21.0. The van der Waals surface area contributed by atoms with Gasteiger partial charge in [0.15, 0.2) is 12.3 Å². The molecule has 24 heavy (non-hydrogen) atoms. The minimum absolute atomic E-state index is 0. The van der Waals surface area contributed by atoms with Gasteiger partial charge in [0.05, 0.1) is 0 Å². The van der Waals surface area contributed by atoms with Gasteiger partial charge < -0.3 is 17.5 Å². The zero-order chi connectivity index (χ0) is 17.2. The quantitative estimate of drug-likeness (QED) is 0.240. The standard InChI is InChI=1S/C21H44NO.ClH/c1-4-6-7-8-9-10-11-12-13-14-15-16-18-21(17-5-2)22(3)19-20-23;/h19,21,23H,4-18,20H2,1-3H3;1H/q+1;/p-1. The number of hydrogen-bond acceptors (Lipinski definition) is 1. The van der Waals surface area contributed by atoms with E-state index in [1.165, 1.54) is 96.3 Å². The van der Waals surface area contributed by atoms with Gasteiger partial charge in [0.2, 0.25) is 0 Å². The summed E-state index contributed by atoms with van der Waals surface area (Å²) in [6.45, 7) is 4.70. The largest absolute Gasteiger partial charge is 1.00 e. The zero-order valence-corrected chi connectivity index (χ0v) is 17.5. The lowest BCUT2D eigenvalue weighted by atomic mass is 10.0. The zero-order valence-electron chi connectivity index (χ0n) is 16.7. The van der Waals surface area contributed by atoms with Gasteiger partial charge in [-0.3, -0.25) is 0 Å². The molecule has 1 N–H and O–H groups in total. The van der Waals surface area contributed by atoms with Gasteiger partial charge in [0.1, 0.15) is 13.7 Å². The molecule has 3 heteroatoms. The molecule has 0 aliphatic carbocycles. The predicted octanol–water partition coefficient (Wildman–Crippen LogP) is 2.96. The first kappa shape index (κ1) is 26.2. The predicted molar refractivity (Wildman–Crippen MR) is 104 cm³/mol. The number of halogens is 1. The van der Waals surface area contributed by atoms with Crippen LogP contribution < -0.4 is 12.4 Å². The van der Waals surface area contributed by atoms with Gasteiger partial charge >= 0.3 is 0 Å². The van der Waals surface area contributed by atoms with E-state index < -0.39 is 0 Å². The Balaban J connectivity index is 0. The number of aliphatic hydroxyl groups excluding tert-OH is 1. The van der Waals surface area contributed by atoms with E-state index in [2.05, 4.69) is 25.5 Å². The lowest BCUT2D eigenvalue weighted by Crippen LogP contribution is -3.00. The Morgan fingerprint density at radius 2 is 1.17 bits per heavy atom. The molecule has 0 aromatic heterocycles. The molecular formula is C21H44ClNO. The van der Waals surface area contributed by atoms with Crippen molar-refractivity contribution in [2.24, 2.45) is 0 Å². The normalized spacial score (nSPS) is 12.9. The van der Waals surface area contributed by atoms with Crippen LogP contribution in [0.15, 0.2) is 0 Å². The maximum Gasteiger partial charge on any atom is 0.165 e. The van der Waals surface area contributed by atoms with E-state index in [0.29, 0.717) is 6.04 Å². The van der Waals surface area contributed by atoms with Crippen LogP contribution in [0.5, 0.6) is 0 Å². The summed E-state index contributed by atoms with van der Waals surface area (Å²) in [5.41, 5.74) is 0. The SMILES string of the molecule is CCCCCCCCCCCCCCC(CCC)[N+](C)=CCO.[Cl-]. The van der Waals surface area contributed by atoms with Crippen LogP contribution in [-0.4, -0.2) is 35.6 Å². The molecule has 0 saturated heterocycles. The van der Waals surface area contributed by atoms with Gasteiger partial charge in [-0.2, -0.15) is 0 Å². The maximum atomic E-state index is 9.03. The van der Waals surface area contributed by atoms with Gasteiger partial charge in [-0.15, -0.1) is 0 Å². The molecular weight excluding hydrogens is 318 g/mol. The lowest BCUT2D eigenvalue weighted by Gasteiger charge is -2.12. The van der Waals surface area contributed by atoms with Crippen molar-refractivity contribution >= 4 is 6.21 Å². The molecule has 0 radical (unpaired) electrons. The molecule has 0 aliphatic heterocycles. The van der Waals surface area contributed by atoms with Gasteiger partial charge in [0.25, 0.3) is 0 Å². The summed E-state index contributed by atoms with van der Waals surface area (Å²) in [4.78, 5) is 0. The van der Waals surface area contributed by atoms with Crippen LogP contribution in [0.1, 0.15) is 110 Å². The molecule has 0 saturated carbocycles. The highest BCUT2D eigenvalue weighted by atomic mass is 35.5. The summed E-state index contributed by atoms with van der Waals surface area (Å²) < 4.78 is 2.22. The van der Waals surface area contributed by atoms with E-state index in [9.17, 15) is 0 Å². The number of unbranched alkanes of at least 4 members (excludes halogenated alkanes) is 11.